The van der Waals surface area contributed by atoms with Crippen LogP contribution < -0.4 is 14.4 Å². The Bertz CT molecular complexity index is 763. The zero-order chi connectivity index (χ0) is 20.3. The lowest BCUT2D eigenvalue weighted by Gasteiger charge is -2.27. The molecular formula is C20H26N2O6. The van der Waals surface area contributed by atoms with Crippen molar-refractivity contribution in [1.29, 1.82) is 0 Å². The minimum absolute atomic E-state index is 0.106. The van der Waals surface area contributed by atoms with Gasteiger partial charge in [0, 0.05) is 37.8 Å². The second-order valence-electron chi connectivity index (χ2n) is 7.56. The second-order valence-corrected chi connectivity index (χ2v) is 7.56. The highest BCUT2D eigenvalue weighted by Crippen LogP contribution is 2.36. The molecule has 2 amide bonds. The van der Waals surface area contributed by atoms with E-state index in [0.29, 0.717) is 36.9 Å². The fourth-order valence-electron chi connectivity index (χ4n) is 3.54. The number of hydrogen-bond donors (Lipinski definition) is 1. The van der Waals surface area contributed by atoms with Crippen LogP contribution in [-0.4, -0.2) is 60.6 Å². The van der Waals surface area contributed by atoms with Crippen molar-refractivity contribution in [1.82, 2.24) is 4.90 Å². The summed E-state index contributed by atoms with van der Waals surface area (Å²) in [5.74, 6) is -0.264. The van der Waals surface area contributed by atoms with Gasteiger partial charge in [0.1, 0.15) is 13.2 Å². The summed E-state index contributed by atoms with van der Waals surface area (Å²) >= 11 is 0. The van der Waals surface area contributed by atoms with Gasteiger partial charge >= 0.3 is 5.97 Å². The van der Waals surface area contributed by atoms with Crippen LogP contribution in [0.5, 0.6) is 11.5 Å². The monoisotopic (exact) mass is 390 g/mol. The topological polar surface area (TPSA) is 96.4 Å². The predicted molar refractivity (Wildman–Crippen MR) is 102 cm³/mol. The number of benzene rings is 1. The summed E-state index contributed by atoms with van der Waals surface area (Å²) in [6.07, 6.45) is 0.0138. The maximum Gasteiger partial charge on any atom is 0.305 e. The van der Waals surface area contributed by atoms with Crippen molar-refractivity contribution in [3.8, 4) is 11.5 Å². The highest BCUT2D eigenvalue weighted by Gasteiger charge is 2.37. The Labute approximate surface area is 164 Å². The van der Waals surface area contributed by atoms with Crippen LogP contribution >= 0.6 is 0 Å². The van der Waals surface area contributed by atoms with Gasteiger partial charge in [0.25, 0.3) is 0 Å². The average Bonchev–Trinajstić information content (AvgIpc) is 3.05. The molecule has 28 heavy (non-hydrogen) atoms. The van der Waals surface area contributed by atoms with Crippen LogP contribution in [-0.2, 0) is 14.4 Å². The van der Waals surface area contributed by atoms with E-state index < -0.39 is 11.9 Å². The van der Waals surface area contributed by atoms with E-state index in [0.717, 1.165) is 0 Å². The lowest BCUT2D eigenvalue weighted by molar-refractivity contribution is -0.140. The fraction of sp³-hybridized carbons (Fsp3) is 0.550. The van der Waals surface area contributed by atoms with E-state index in [-0.39, 0.29) is 43.7 Å². The Kier molecular flexibility index (Phi) is 6.06. The first kappa shape index (κ1) is 20.0. The number of fused-ring (bicyclic) bond motifs is 1. The molecule has 1 aromatic carbocycles. The number of carbonyl (C=O) groups excluding carboxylic acids is 2. The Hall–Kier alpha value is -2.77. The number of nitrogens with zero attached hydrogens (tertiary/aromatic N) is 2. The number of rotatable bonds is 7. The van der Waals surface area contributed by atoms with Crippen LogP contribution in [0.4, 0.5) is 5.69 Å². The molecule has 0 aromatic heterocycles. The Morgan fingerprint density at radius 1 is 1.25 bits per heavy atom. The van der Waals surface area contributed by atoms with Gasteiger partial charge in [-0.2, -0.15) is 0 Å². The maximum atomic E-state index is 13.0. The minimum atomic E-state index is -0.943. The summed E-state index contributed by atoms with van der Waals surface area (Å²) in [5.41, 5.74) is 0.672. The van der Waals surface area contributed by atoms with Crippen molar-refractivity contribution < 1.29 is 29.0 Å². The molecule has 152 valence electrons. The molecule has 0 aliphatic carbocycles. The van der Waals surface area contributed by atoms with Crippen LogP contribution in [0.1, 0.15) is 26.7 Å². The number of carboxylic acids is 1. The minimum Gasteiger partial charge on any atom is -0.486 e. The zero-order valence-corrected chi connectivity index (χ0v) is 16.2. The van der Waals surface area contributed by atoms with Gasteiger partial charge in [0.05, 0.1) is 12.3 Å². The summed E-state index contributed by atoms with van der Waals surface area (Å²) < 4.78 is 11.1. The van der Waals surface area contributed by atoms with E-state index in [4.69, 9.17) is 14.6 Å². The van der Waals surface area contributed by atoms with Gasteiger partial charge in [-0.15, -0.1) is 0 Å². The standard InChI is InChI=1S/C20H26N2O6/c1-13(2)11-21(6-5-19(24)25)20(26)14-9-18(23)22(12-14)15-3-4-16-17(10-15)28-8-7-27-16/h3-4,10,13-14H,5-9,11-12H2,1-2H3,(H,24,25). The highest BCUT2D eigenvalue weighted by molar-refractivity contribution is 6.00. The molecule has 2 heterocycles. The van der Waals surface area contributed by atoms with Crippen LogP contribution in [0.25, 0.3) is 0 Å². The van der Waals surface area contributed by atoms with E-state index in [9.17, 15) is 14.4 Å². The molecule has 0 saturated carbocycles. The van der Waals surface area contributed by atoms with Crippen molar-refractivity contribution >= 4 is 23.5 Å². The number of aliphatic carboxylic acids is 1. The average molecular weight is 390 g/mol. The van der Waals surface area contributed by atoms with Crippen molar-refractivity contribution in [2.75, 3.05) is 37.7 Å². The molecule has 0 spiro atoms. The van der Waals surface area contributed by atoms with E-state index >= 15 is 0 Å². The first-order chi connectivity index (χ1) is 13.3. The first-order valence-corrected chi connectivity index (χ1v) is 9.55. The van der Waals surface area contributed by atoms with Crippen molar-refractivity contribution in [3.05, 3.63) is 18.2 Å². The summed E-state index contributed by atoms with van der Waals surface area (Å²) in [5, 5.41) is 8.95. The second kappa shape index (κ2) is 8.50. The van der Waals surface area contributed by atoms with Gasteiger partial charge in [-0.1, -0.05) is 13.8 Å². The third-order valence-electron chi connectivity index (χ3n) is 4.80. The lowest BCUT2D eigenvalue weighted by atomic mass is 10.1. The van der Waals surface area contributed by atoms with Crippen molar-refractivity contribution in [2.45, 2.75) is 26.7 Å². The van der Waals surface area contributed by atoms with Crippen LogP contribution in [0, 0.1) is 11.8 Å². The summed E-state index contributed by atoms with van der Waals surface area (Å²) in [7, 11) is 0. The molecule has 8 heteroatoms. The molecule has 1 fully saturated rings. The van der Waals surface area contributed by atoms with E-state index in [1.165, 1.54) is 0 Å². The normalized spacial score (nSPS) is 18.5. The molecule has 1 atom stereocenters. The van der Waals surface area contributed by atoms with Gasteiger partial charge in [-0.3, -0.25) is 14.4 Å². The smallest absolute Gasteiger partial charge is 0.305 e. The zero-order valence-electron chi connectivity index (χ0n) is 16.2. The van der Waals surface area contributed by atoms with E-state index in [2.05, 4.69) is 0 Å². The Balaban J connectivity index is 1.71. The van der Waals surface area contributed by atoms with Crippen LogP contribution in [0.2, 0.25) is 0 Å². The highest BCUT2D eigenvalue weighted by atomic mass is 16.6. The molecule has 1 aromatic rings. The van der Waals surface area contributed by atoms with Crippen LogP contribution in [0.15, 0.2) is 18.2 Å². The van der Waals surface area contributed by atoms with Gasteiger partial charge in [0.15, 0.2) is 11.5 Å². The molecule has 8 nitrogen and oxygen atoms in total. The molecule has 0 bridgehead atoms. The SMILES string of the molecule is CC(C)CN(CCC(=O)O)C(=O)C1CC(=O)N(c2ccc3c(c2)OCCO3)C1. The number of ether oxygens (including phenoxy) is 2. The van der Waals surface area contributed by atoms with Crippen molar-refractivity contribution in [3.63, 3.8) is 0 Å². The summed E-state index contributed by atoms with van der Waals surface area (Å²) in [4.78, 5) is 39.6. The molecule has 3 rings (SSSR count). The number of amides is 2. The van der Waals surface area contributed by atoms with Crippen LogP contribution in [0.3, 0.4) is 0 Å². The third kappa shape index (κ3) is 4.55. The summed E-state index contributed by atoms with van der Waals surface area (Å²) in [6.45, 7) is 5.80. The molecule has 1 unspecified atom stereocenters. The van der Waals surface area contributed by atoms with Gasteiger partial charge in [-0.25, -0.2) is 0 Å². The number of carboxylic acid groups (broad SMARTS) is 1. The molecular weight excluding hydrogens is 364 g/mol. The lowest BCUT2D eigenvalue weighted by Crippen LogP contribution is -2.40. The third-order valence-corrected chi connectivity index (χ3v) is 4.80. The van der Waals surface area contributed by atoms with Gasteiger partial charge in [0.2, 0.25) is 11.8 Å². The van der Waals surface area contributed by atoms with E-state index in [1.54, 1.807) is 28.0 Å². The van der Waals surface area contributed by atoms with E-state index in [1.807, 2.05) is 13.8 Å². The molecule has 0 radical (unpaired) electrons. The Morgan fingerprint density at radius 3 is 2.64 bits per heavy atom. The van der Waals surface area contributed by atoms with Gasteiger partial charge in [-0.05, 0) is 18.1 Å². The summed E-state index contributed by atoms with van der Waals surface area (Å²) in [6, 6.07) is 5.31. The number of anilines is 1. The fourth-order valence-corrected chi connectivity index (χ4v) is 3.54. The maximum absolute atomic E-state index is 13.0. The number of carbonyl (C=O) groups is 3. The first-order valence-electron chi connectivity index (χ1n) is 9.55. The largest absolute Gasteiger partial charge is 0.486 e. The molecule has 1 saturated heterocycles. The van der Waals surface area contributed by atoms with Gasteiger partial charge < -0.3 is 24.4 Å². The predicted octanol–water partition coefficient (Wildman–Crippen LogP) is 1.77. The van der Waals surface area contributed by atoms with Crippen molar-refractivity contribution in [2.24, 2.45) is 11.8 Å². The molecule has 2 aliphatic heterocycles. The molecule has 2 aliphatic rings. The number of hydrogen-bond acceptors (Lipinski definition) is 5. The Morgan fingerprint density at radius 2 is 1.96 bits per heavy atom. The molecule has 1 N–H and O–H groups in total. The quantitative estimate of drug-likeness (QED) is 0.762.